The molecule has 3 aromatic rings. The van der Waals surface area contributed by atoms with Crippen molar-refractivity contribution in [3.8, 4) is 11.1 Å². The number of hydrogen-bond acceptors (Lipinski definition) is 5. The smallest absolute Gasteiger partial charge is 0.338 e. The van der Waals surface area contributed by atoms with Crippen molar-refractivity contribution in [3.05, 3.63) is 64.2 Å². The molecule has 27 heavy (non-hydrogen) atoms. The van der Waals surface area contributed by atoms with Gasteiger partial charge in [0.25, 0.3) is 5.91 Å². The highest BCUT2D eigenvalue weighted by Gasteiger charge is 2.22. The SMILES string of the molecule is O=C1NC(=S)NC1=Cc1csc2ccc(-c3ccc4c(c3)COC4=O)cc12. The highest BCUT2D eigenvalue weighted by Crippen LogP contribution is 2.33. The summed E-state index contributed by atoms with van der Waals surface area (Å²) >= 11 is 6.60. The van der Waals surface area contributed by atoms with Gasteiger partial charge in [-0.25, -0.2) is 4.79 Å². The predicted molar refractivity (Wildman–Crippen MR) is 108 cm³/mol. The molecule has 1 amide bonds. The molecule has 0 radical (unpaired) electrons. The van der Waals surface area contributed by atoms with Crippen molar-refractivity contribution in [2.75, 3.05) is 0 Å². The minimum absolute atomic E-state index is 0.223. The lowest BCUT2D eigenvalue weighted by molar-refractivity contribution is -0.115. The van der Waals surface area contributed by atoms with Gasteiger partial charge in [-0.15, -0.1) is 11.3 Å². The van der Waals surface area contributed by atoms with E-state index >= 15 is 0 Å². The molecule has 0 aliphatic carbocycles. The largest absolute Gasteiger partial charge is 0.457 e. The maximum absolute atomic E-state index is 11.9. The van der Waals surface area contributed by atoms with Crippen LogP contribution in [0.5, 0.6) is 0 Å². The number of amides is 1. The van der Waals surface area contributed by atoms with Gasteiger partial charge in [-0.3, -0.25) is 10.1 Å². The lowest BCUT2D eigenvalue weighted by Gasteiger charge is -2.05. The molecular formula is C20H12N2O3S2. The van der Waals surface area contributed by atoms with E-state index in [9.17, 15) is 9.59 Å². The van der Waals surface area contributed by atoms with E-state index in [2.05, 4.69) is 28.8 Å². The van der Waals surface area contributed by atoms with Crippen LogP contribution >= 0.6 is 23.6 Å². The number of thiocarbonyl (C=S) groups is 1. The van der Waals surface area contributed by atoms with Crippen LogP contribution < -0.4 is 10.6 Å². The summed E-state index contributed by atoms with van der Waals surface area (Å²) in [6, 6.07) is 12.0. The fourth-order valence-electron chi connectivity index (χ4n) is 3.29. The quantitative estimate of drug-likeness (QED) is 0.396. The van der Waals surface area contributed by atoms with Gasteiger partial charge in [0.05, 0.1) is 5.56 Å². The molecule has 5 rings (SSSR count). The average Bonchev–Trinajstić information content (AvgIpc) is 3.33. The molecule has 2 aliphatic rings. The van der Waals surface area contributed by atoms with Crippen molar-refractivity contribution in [1.29, 1.82) is 0 Å². The molecule has 0 saturated carbocycles. The molecule has 0 unspecified atom stereocenters. The normalized spacial score (nSPS) is 17.2. The summed E-state index contributed by atoms with van der Waals surface area (Å²) in [4.78, 5) is 23.5. The van der Waals surface area contributed by atoms with Crippen LogP contribution in [0.4, 0.5) is 0 Å². The first kappa shape index (κ1) is 16.2. The molecule has 1 saturated heterocycles. The fourth-order valence-corrected chi connectivity index (χ4v) is 4.39. The first-order valence-electron chi connectivity index (χ1n) is 8.24. The fraction of sp³-hybridized carbons (Fsp3) is 0.0500. The second kappa shape index (κ2) is 6.00. The molecule has 7 heteroatoms. The van der Waals surface area contributed by atoms with Crippen LogP contribution in [0, 0.1) is 0 Å². The van der Waals surface area contributed by atoms with Crippen LogP contribution in [0.2, 0.25) is 0 Å². The number of hydrogen-bond donors (Lipinski definition) is 2. The molecule has 5 nitrogen and oxygen atoms in total. The summed E-state index contributed by atoms with van der Waals surface area (Å²) < 4.78 is 6.21. The zero-order valence-corrected chi connectivity index (χ0v) is 15.5. The zero-order chi connectivity index (χ0) is 18.5. The van der Waals surface area contributed by atoms with Crippen LogP contribution in [-0.4, -0.2) is 17.0 Å². The highest BCUT2D eigenvalue weighted by atomic mass is 32.1. The molecule has 0 atom stereocenters. The van der Waals surface area contributed by atoms with Gasteiger partial charge in [0.15, 0.2) is 5.11 Å². The molecule has 2 aliphatic heterocycles. The van der Waals surface area contributed by atoms with E-state index in [4.69, 9.17) is 17.0 Å². The van der Waals surface area contributed by atoms with Crippen molar-refractivity contribution < 1.29 is 14.3 Å². The first-order valence-corrected chi connectivity index (χ1v) is 9.53. The number of fused-ring (bicyclic) bond motifs is 2. The van der Waals surface area contributed by atoms with Crippen molar-refractivity contribution in [2.24, 2.45) is 0 Å². The lowest BCUT2D eigenvalue weighted by atomic mass is 9.99. The second-order valence-corrected chi connectivity index (χ2v) is 7.64. The van der Waals surface area contributed by atoms with Gasteiger partial charge in [0.1, 0.15) is 12.3 Å². The Kier molecular flexibility index (Phi) is 3.60. The van der Waals surface area contributed by atoms with Gasteiger partial charge in [-0.2, -0.15) is 0 Å². The molecule has 0 spiro atoms. The standard InChI is InChI=1S/C20H12N2O3S2/c23-18-16(21-20(26)22-18)7-13-9-27-17-4-2-11(6-15(13)17)10-1-3-14-12(5-10)8-25-19(14)24/h1-7,9H,8H2,(H2,21,22,23,26). The number of esters is 1. The number of rotatable bonds is 2. The third-order valence-electron chi connectivity index (χ3n) is 4.64. The summed E-state index contributed by atoms with van der Waals surface area (Å²) in [6.45, 7) is 0.320. The Hall–Kier alpha value is -3.03. The van der Waals surface area contributed by atoms with Crippen molar-refractivity contribution >= 4 is 56.7 Å². The van der Waals surface area contributed by atoms with Crippen molar-refractivity contribution in [3.63, 3.8) is 0 Å². The molecule has 2 aromatic carbocycles. The summed E-state index contributed by atoms with van der Waals surface area (Å²) in [5.41, 5.74) is 5.01. The number of cyclic esters (lactones) is 1. The highest BCUT2D eigenvalue weighted by molar-refractivity contribution is 7.80. The van der Waals surface area contributed by atoms with E-state index in [0.717, 1.165) is 32.3 Å². The van der Waals surface area contributed by atoms with Gasteiger partial charge in [-0.1, -0.05) is 12.1 Å². The summed E-state index contributed by atoms with van der Waals surface area (Å²) in [5.74, 6) is -0.488. The van der Waals surface area contributed by atoms with Crippen molar-refractivity contribution in [2.45, 2.75) is 6.61 Å². The van der Waals surface area contributed by atoms with E-state index < -0.39 is 0 Å². The molecule has 2 N–H and O–H groups in total. The zero-order valence-electron chi connectivity index (χ0n) is 13.9. The molecular weight excluding hydrogens is 380 g/mol. The molecule has 132 valence electrons. The van der Waals surface area contributed by atoms with Gasteiger partial charge in [-0.05, 0) is 64.6 Å². The Morgan fingerprint density at radius 1 is 1.07 bits per heavy atom. The van der Waals surface area contributed by atoms with Crippen LogP contribution in [0.25, 0.3) is 27.3 Å². The topological polar surface area (TPSA) is 67.4 Å². The van der Waals surface area contributed by atoms with Crippen LogP contribution in [0.3, 0.4) is 0 Å². The number of carbonyl (C=O) groups is 2. The maximum Gasteiger partial charge on any atom is 0.338 e. The van der Waals surface area contributed by atoms with E-state index in [0.29, 0.717) is 23.0 Å². The van der Waals surface area contributed by atoms with Crippen molar-refractivity contribution in [1.82, 2.24) is 10.6 Å². The number of carbonyl (C=O) groups excluding carboxylic acids is 2. The van der Waals surface area contributed by atoms with Gasteiger partial charge in [0, 0.05) is 15.6 Å². The van der Waals surface area contributed by atoms with E-state index in [-0.39, 0.29) is 11.9 Å². The van der Waals surface area contributed by atoms with Gasteiger partial charge < -0.3 is 10.1 Å². The van der Waals surface area contributed by atoms with Gasteiger partial charge >= 0.3 is 5.97 Å². The minimum Gasteiger partial charge on any atom is -0.457 e. The third kappa shape index (κ3) is 2.72. The Labute approximate surface area is 163 Å². The van der Waals surface area contributed by atoms with E-state index in [1.165, 1.54) is 0 Å². The van der Waals surface area contributed by atoms with E-state index in [1.807, 2.05) is 29.7 Å². The average molecular weight is 392 g/mol. The number of ether oxygens (including phenoxy) is 1. The van der Waals surface area contributed by atoms with E-state index in [1.54, 1.807) is 11.3 Å². The minimum atomic E-state index is -0.265. The Balaban J connectivity index is 1.58. The molecule has 1 fully saturated rings. The molecule has 3 heterocycles. The summed E-state index contributed by atoms with van der Waals surface area (Å²) in [6.07, 6.45) is 1.81. The van der Waals surface area contributed by atoms with Gasteiger partial charge in [0.2, 0.25) is 0 Å². The van der Waals surface area contributed by atoms with Crippen LogP contribution in [0.15, 0.2) is 47.5 Å². The molecule has 1 aromatic heterocycles. The van der Waals surface area contributed by atoms with Crippen LogP contribution in [-0.2, 0) is 16.1 Å². The Morgan fingerprint density at radius 2 is 1.89 bits per heavy atom. The summed E-state index contributed by atoms with van der Waals surface area (Å²) in [5, 5.41) is 8.85. The monoisotopic (exact) mass is 392 g/mol. The lowest BCUT2D eigenvalue weighted by Crippen LogP contribution is -2.21. The maximum atomic E-state index is 11.9. The number of benzene rings is 2. The second-order valence-electron chi connectivity index (χ2n) is 6.32. The Bertz CT molecular complexity index is 1190. The number of nitrogens with one attached hydrogen (secondary N) is 2. The predicted octanol–water partition coefficient (Wildman–Crippen LogP) is 3.58. The van der Waals surface area contributed by atoms with Crippen LogP contribution in [0.1, 0.15) is 21.5 Å². The first-order chi connectivity index (χ1) is 13.1. The summed E-state index contributed by atoms with van der Waals surface area (Å²) in [7, 11) is 0. The molecule has 0 bridgehead atoms. The third-order valence-corrected chi connectivity index (χ3v) is 5.83. The Morgan fingerprint density at radius 3 is 2.70 bits per heavy atom. The number of thiophene rings is 1.